The predicted octanol–water partition coefficient (Wildman–Crippen LogP) is 3.21. The number of aliphatic carboxylic acids is 1. The van der Waals surface area contributed by atoms with Gasteiger partial charge in [-0.3, -0.25) is 9.59 Å². The molecule has 0 aliphatic heterocycles. The van der Waals surface area contributed by atoms with Crippen LogP contribution >= 0.6 is 15.9 Å². The van der Waals surface area contributed by atoms with Crippen molar-refractivity contribution in [1.82, 2.24) is 4.98 Å². The Hall–Kier alpha value is -1.43. The summed E-state index contributed by atoms with van der Waals surface area (Å²) in [6.45, 7) is 0. The SMILES string of the molecule is O=C(O)CC1(CC(=O)Nc2ncccc2Br)CCCC1. The maximum absolute atomic E-state index is 12.1. The highest BCUT2D eigenvalue weighted by Gasteiger charge is 2.38. The number of carbonyl (C=O) groups is 2. The van der Waals surface area contributed by atoms with E-state index in [0.717, 1.165) is 25.7 Å². The summed E-state index contributed by atoms with van der Waals surface area (Å²) < 4.78 is 0.715. The number of carboxylic acids is 1. The molecule has 20 heavy (non-hydrogen) atoms. The van der Waals surface area contributed by atoms with Gasteiger partial charge in [0.2, 0.25) is 5.91 Å². The number of pyridine rings is 1. The normalized spacial score (nSPS) is 16.9. The lowest BCUT2D eigenvalue weighted by Gasteiger charge is -2.26. The van der Waals surface area contributed by atoms with Gasteiger partial charge in [-0.05, 0) is 46.3 Å². The molecule has 0 unspecified atom stereocenters. The van der Waals surface area contributed by atoms with Crippen molar-refractivity contribution >= 4 is 33.6 Å². The van der Waals surface area contributed by atoms with E-state index in [1.807, 2.05) is 0 Å². The number of halogens is 1. The molecule has 1 fully saturated rings. The highest BCUT2D eigenvalue weighted by atomic mass is 79.9. The minimum Gasteiger partial charge on any atom is -0.481 e. The molecule has 108 valence electrons. The van der Waals surface area contributed by atoms with Gasteiger partial charge in [-0.15, -0.1) is 0 Å². The fraction of sp³-hybridized carbons (Fsp3) is 0.500. The second kappa shape index (κ2) is 6.35. The number of aromatic nitrogens is 1. The molecule has 0 atom stereocenters. The maximum Gasteiger partial charge on any atom is 0.303 e. The Morgan fingerprint density at radius 1 is 1.35 bits per heavy atom. The number of hydrogen-bond donors (Lipinski definition) is 2. The van der Waals surface area contributed by atoms with Crippen LogP contribution in [-0.4, -0.2) is 22.0 Å². The van der Waals surface area contributed by atoms with E-state index in [2.05, 4.69) is 26.2 Å². The number of carboxylic acid groups (broad SMARTS) is 1. The number of nitrogens with zero attached hydrogens (tertiary/aromatic N) is 1. The molecule has 0 spiro atoms. The molecule has 0 bridgehead atoms. The quantitative estimate of drug-likeness (QED) is 0.862. The fourth-order valence-electron chi connectivity index (χ4n) is 2.86. The first-order valence-corrected chi connectivity index (χ1v) is 7.42. The standard InChI is InChI=1S/C14H17BrN2O3/c15-10-4-3-7-16-13(10)17-11(18)8-14(9-12(19)20)5-1-2-6-14/h3-4,7H,1-2,5-6,8-9H2,(H,19,20)(H,16,17,18). The van der Waals surface area contributed by atoms with Gasteiger partial charge in [-0.25, -0.2) is 4.98 Å². The van der Waals surface area contributed by atoms with E-state index >= 15 is 0 Å². The maximum atomic E-state index is 12.1. The molecule has 1 aromatic heterocycles. The molecule has 1 aromatic rings. The third-order valence-electron chi connectivity index (χ3n) is 3.74. The van der Waals surface area contributed by atoms with Gasteiger partial charge in [0.05, 0.1) is 10.9 Å². The van der Waals surface area contributed by atoms with Gasteiger partial charge in [0, 0.05) is 12.6 Å². The van der Waals surface area contributed by atoms with Gasteiger partial charge in [0.1, 0.15) is 5.82 Å². The van der Waals surface area contributed by atoms with E-state index < -0.39 is 11.4 Å². The average Bonchev–Trinajstić information content (AvgIpc) is 2.79. The Bertz CT molecular complexity index is 513. The van der Waals surface area contributed by atoms with E-state index in [1.54, 1.807) is 18.3 Å². The zero-order valence-corrected chi connectivity index (χ0v) is 12.6. The lowest BCUT2D eigenvalue weighted by Crippen LogP contribution is -2.28. The predicted molar refractivity (Wildman–Crippen MR) is 78.3 cm³/mol. The zero-order chi connectivity index (χ0) is 14.6. The van der Waals surface area contributed by atoms with Crippen LogP contribution in [0.3, 0.4) is 0 Å². The minimum atomic E-state index is -0.835. The highest BCUT2D eigenvalue weighted by Crippen LogP contribution is 2.44. The van der Waals surface area contributed by atoms with E-state index in [-0.39, 0.29) is 18.7 Å². The number of hydrogen-bond acceptors (Lipinski definition) is 3. The van der Waals surface area contributed by atoms with Crippen LogP contribution < -0.4 is 5.32 Å². The summed E-state index contributed by atoms with van der Waals surface area (Å²) >= 11 is 3.32. The topological polar surface area (TPSA) is 79.3 Å². The van der Waals surface area contributed by atoms with Gasteiger partial charge in [0.25, 0.3) is 0 Å². The largest absolute Gasteiger partial charge is 0.481 e. The van der Waals surface area contributed by atoms with E-state index in [1.165, 1.54) is 0 Å². The van der Waals surface area contributed by atoms with Crippen molar-refractivity contribution in [2.75, 3.05) is 5.32 Å². The first kappa shape index (κ1) is 15.0. The molecule has 6 heteroatoms. The van der Waals surface area contributed by atoms with Crippen LogP contribution in [-0.2, 0) is 9.59 Å². The fourth-order valence-corrected chi connectivity index (χ4v) is 3.21. The number of carbonyl (C=O) groups excluding carboxylic acids is 1. The van der Waals surface area contributed by atoms with Crippen LogP contribution in [0.4, 0.5) is 5.82 Å². The van der Waals surface area contributed by atoms with Crippen LogP contribution in [0.1, 0.15) is 38.5 Å². The van der Waals surface area contributed by atoms with E-state index in [0.29, 0.717) is 10.3 Å². The van der Waals surface area contributed by atoms with Crippen molar-refractivity contribution in [3.63, 3.8) is 0 Å². The van der Waals surface area contributed by atoms with Gasteiger partial charge in [-0.2, -0.15) is 0 Å². The third-order valence-corrected chi connectivity index (χ3v) is 4.38. The average molecular weight is 341 g/mol. The summed E-state index contributed by atoms with van der Waals surface area (Å²) in [5.41, 5.74) is -0.392. The van der Waals surface area contributed by atoms with Crippen LogP contribution in [0.25, 0.3) is 0 Å². The summed E-state index contributed by atoms with van der Waals surface area (Å²) in [5, 5.41) is 11.8. The Morgan fingerprint density at radius 2 is 2.05 bits per heavy atom. The van der Waals surface area contributed by atoms with Crippen molar-refractivity contribution in [1.29, 1.82) is 0 Å². The molecule has 1 aliphatic rings. The Kier molecular flexibility index (Phi) is 4.75. The summed E-state index contributed by atoms with van der Waals surface area (Å²) in [7, 11) is 0. The van der Waals surface area contributed by atoms with Crippen molar-refractivity contribution < 1.29 is 14.7 Å². The van der Waals surface area contributed by atoms with Crippen LogP contribution in [0.15, 0.2) is 22.8 Å². The van der Waals surface area contributed by atoms with Crippen molar-refractivity contribution in [2.45, 2.75) is 38.5 Å². The molecule has 1 aliphatic carbocycles. The molecule has 2 rings (SSSR count). The molecule has 1 saturated carbocycles. The summed E-state index contributed by atoms with van der Waals surface area (Å²) in [4.78, 5) is 27.2. The zero-order valence-electron chi connectivity index (χ0n) is 11.1. The summed E-state index contributed by atoms with van der Waals surface area (Å²) in [6, 6.07) is 3.56. The first-order valence-electron chi connectivity index (χ1n) is 6.63. The Balaban J connectivity index is 2.02. The smallest absolute Gasteiger partial charge is 0.303 e. The highest BCUT2D eigenvalue weighted by molar-refractivity contribution is 9.10. The van der Waals surface area contributed by atoms with Crippen LogP contribution in [0.5, 0.6) is 0 Å². The van der Waals surface area contributed by atoms with Gasteiger partial charge < -0.3 is 10.4 Å². The van der Waals surface area contributed by atoms with E-state index in [9.17, 15) is 9.59 Å². The van der Waals surface area contributed by atoms with Gasteiger partial charge in [0.15, 0.2) is 0 Å². The lowest BCUT2D eigenvalue weighted by molar-refractivity contribution is -0.140. The van der Waals surface area contributed by atoms with Crippen LogP contribution in [0.2, 0.25) is 0 Å². The monoisotopic (exact) mass is 340 g/mol. The molecule has 2 N–H and O–H groups in total. The third kappa shape index (κ3) is 3.79. The molecule has 1 amide bonds. The molecule has 0 aromatic carbocycles. The number of amides is 1. The molecular formula is C14H17BrN2O3. The number of rotatable bonds is 5. The Morgan fingerprint density at radius 3 is 2.65 bits per heavy atom. The Labute approximate surface area is 125 Å². The van der Waals surface area contributed by atoms with Crippen molar-refractivity contribution in [3.8, 4) is 0 Å². The summed E-state index contributed by atoms with van der Waals surface area (Å²) in [5.74, 6) is -0.535. The van der Waals surface area contributed by atoms with Gasteiger partial charge in [-0.1, -0.05) is 12.8 Å². The minimum absolute atomic E-state index is 0.0593. The van der Waals surface area contributed by atoms with Crippen molar-refractivity contribution in [2.24, 2.45) is 5.41 Å². The summed E-state index contributed by atoms with van der Waals surface area (Å²) in [6.07, 6.45) is 5.49. The number of anilines is 1. The molecule has 1 heterocycles. The molecular weight excluding hydrogens is 324 g/mol. The molecule has 5 nitrogen and oxygen atoms in total. The van der Waals surface area contributed by atoms with Crippen LogP contribution in [0, 0.1) is 5.41 Å². The lowest BCUT2D eigenvalue weighted by atomic mass is 9.79. The molecule has 0 saturated heterocycles. The second-order valence-corrected chi connectivity index (χ2v) is 6.19. The second-order valence-electron chi connectivity index (χ2n) is 5.34. The van der Waals surface area contributed by atoms with Gasteiger partial charge >= 0.3 is 5.97 Å². The van der Waals surface area contributed by atoms with E-state index in [4.69, 9.17) is 5.11 Å². The number of nitrogens with one attached hydrogen (secondary N) is 1. The van der Waals surface area contributed by atoms with Crippen molar-refractivity contribution in [3.05, 3.63) is 22.8 Å². The first-order chi connectivity index (χ1) is 9.51. The molecule has 0 radical (unpaired) electrons.